The zero-order valence-electron chi connectivity index (χ0n) is 12.4. The van der Waals surface area contributed by atoms with Crippen molar-refractivity contribution in [1.29, 1.82) is 0 Å². The predicted octanol–water partition coefficient (Wildman–Crippen LogP) is 3.01. The zero-order valence-corrected chi connectivity index (χ0v) is 15.6. The van der Waals surface area contributed by atoms with Crippen molar-refractivity contribution in [3.8, 4) is 5.75 Å². The molecule has 0 aliphatic heterocycles. The molecule has 1 heterocycles. The third-order valence-corrected chi connectivity index (χ3v) is 4.09. The van der Waals surface area contributed by atoms with E-state index in [1.54, 1.807) is 14.0 Å². The predicted molar refractivity (Wildman–Crippen MR) is 102 cm³/mol. The Bertz CT molecular complexity index is 598. The molecule has 0 aliphatic rings. The van der Waals surface area contributed by atoms with Crippen LogP contribution < -0.4 is 15.8 Å². The van der Waals surface area contributed by atoms with Crippen LogP contribution in [0.1, 0.15) is 11.8 Å². The quantitative estimate of drug-likeness (QED) is 0.385. The van der Waals surface area contributed by atoms with E-state index in [9.17, 15) is 5.11 Å². The van der Waals surface area contributed by atoms with E-state index in [1.807, 2.05) is 41.8 Å². The number of thiophene rings is 1. The number of methoxy groups -OCH3 is 1. The van der Waals surface area contributed by atoms with Crippen molar-refractivity contribution < 1.29 is 9.84 Å². The van der Waals surface area contributed by atoms with Crippen LogP contribution >= 0.6 is 35.3 Å². The molecule has 120 valence electrons. The molecule has 1 unspecified atom stereocenters. The number of hydrogen-bond acceptors (Lipinski definition) is 4. The maximum absolute atomic E-state index is 10.4. The first-order valence-electron chi connectivity index (χ1n) is 6.48. The van der Waals surface area contributed by atoms with Gasteiger partial charge >= 0.3 is 0 Å². The van der Waals surface area contributed by atoms with Gasteiger partial charge in [0.25, 0.3) is 0 Å². The second-order valence-corrected chi connectivity index (χ2v) is 5.75. The third-order valence-electron chi connectivity index (χ3n) is 2.97. The summed E-state index contributed by atoms with van der Waals surface area (Å²) in [6, 6.07) is 11.1. The molecule has 0 bridgehead atoms. The molecular formula is C15H20IN3O2S. The average Bonchev–Trinajstić information content (AvgIpc) is 3.01. The van der Waals surface area contributed by atoms with Crippen molar-refractivity contribution in [1.82, 2.24) is 0 Å². The van der Waals surface area contributed by atoms with Crippen LogP contribution in [-0.2, 0) is 5.60 Å². The molecule has 1 aromatic heterocycles. The van der Waals surface area contributed by atoms with Crippen molar-refractivity contribution >= 4 is 47.0 Å². The van der Waals surface area contributed by atoms with Gasteiger partial charge in [-0.25, -0.2) is 4.99 Å². The molecule has 1 atom stereocenters. The van der Waals surface area contributed by atoms with Crippen LogP contribution in [0.5, 0.6) is 5.75 Å². The number of hydrogen-bond donors (Lipinski definition) is 3. The van der Waals surface area contributed by atoms with Crippen molar-refractivity contribution in [3.05, 3.63) is 46.7 Å². The third kappa shape index (κ3) is 5.15. The maximum Gasteiger partial charge on any atom is 0.193 e. The molecule has 22 heavy (non-hydrogen) atoms. The van der Waals surface area contributed by atoms with Crippen LogP contribution in [0.25, 0.3) is 0 Å². The average molecular weight is 433 g/mol. The van der Waals surface area contributed by atoms with Crippen molar-refractivity contribution in [3.63, 3.8) is 0 Å². The van der Waals surface area contributed by atoms with Crippen LogP contribution in [-0.4, -0.2) is 24.7 Å². The molecule has 2 aromatic rings. The van der Waals surface area contributed by atoms with E-state index in [2.05, 4.69) is 10.3 Å². The number of nitrogens with one attached hydrogen (secondary N) is 1. The summed E-state index contributed by atoms with van der Waals surface area (Å²) in [5.74, 6) is 1.04. The highest BCUT2D eigenvalue weighted by Gasteiger charge is 2.23. The van der Waals surface area contributed by atoms with Crippen molar-refractivity contribution in [2.45, 2.75) is 12.5 Å². The van der Waals surface area contributed by atoms with Crippen molar-refractivity contribution in [2.75, 3.05) is 19.0 Å². The topological polar surface area (TPSA) is 79.9 Å². The van der Waals surface area contributed by atoms with Gasteiger partial charge in [0.15, 0.2) is 5.96 Å². The molecule has 0 saturated carbocycles. The molecule has 0 spiro atoms. The zero-order chi connectivity index (χ0) is 15.3. The molecule has 7 heteroatoms. The first-order chi connectivity index (χ1) is 10.0. The summed E-state index contributed by atoms with van der Waals surface area (Å²) >= 11 is 1.50. The standard InChI is InChI=1S/C15H19N3O2S.HI/c1-15(19,13-4-3-9-21-13)10-17-14(16)18-11-5-7-12(20-2)8-6-11;/h3-9,19H,10H2,1-2H3,(H3,16,17,18);1H. The number of nitrogens with zero attached hydrogens (tertiary/aromatic N) is 1. The number of aliphatic imine (C=N–C) groups is 1. The summed E-state index contributed by atoms with van der Waals surface area (Å²) in [6.45, 7) is 1.92. The van der Waals surface area contributed by atoms with E-state index in [-0.39, 0.29) is 36.5 Å². The lowest BCUT2D eigenvalue weighted by Crippen LogP contribution is -2.29. The van der Waals surface area contributed by atoms with Gasteiger partial charge in [0.2, 0.25) is 0 Å². The lowest BCUT2D eigenvalue weighted by molar-refractivity contribution is 0.0713. The number of benzene rings is 1. The highest BCUT2D eigenvalue weighted by Crippen LogP contribution is 2.25. The Hall–Kier alpha value is -1.32. The van der Waals surface area contributed by atoms with E-state index >= 15 is 0 Å². The summed E-state index contributed by atoms with van der Waals surface area (Å²) in [5.41, 5.74) is 5.64. The Morgan fingerprint density at radius 3 is 2.59 bits per heavy atom. The number of anilines is 1. The second kappa shape index (κ2) is 8.35. The lowest BCUT2D eigenvalue weighted by Gasteiger charge is -2.19. The number of rotatable bonds is 5. The lowest BCUT2D eigenvalue weighted by atomic mass is 10.1. The highest BCUT2D eigenvalue weighted by atomic mass is 127. The number of guanidine groups is 1. The molecule has 5 nitrogen and oxygen atoms in total. The van der Waals surface area contributed by atoms with Crippen LogP contribution in [0.2, 0.25) is 0 Å². The molecule has 0 aliphatic carbocycles. The van der Waals surface area contributed by atoms with Gasteiger partial charge in [0.05, 0.1) is 13.7 Å². The van der Waals surface area contributed by atoms with Crippen LogP contribution in [0.3, 0.4) is 0 Å². The Morgan fingerprint density at radius 1 is 1.36 bits per heavy atom. The van der Waals surface area contributed by atoms with Crippen molar-refractivity contribution in [2.24, 2.45) is 10.7 Å². The minimum atomic E-state index is -1.01. The fraction of sp³-hybridized carbons (Fsp3) is 0.267. The van der Waals surface area contributed by atoms with Gasteiger partial charge in [-0.05, 0) is 42.6 Å². The fourth-order valence-corrected chi connectivity index (χ4v) is 2.54. The first-order valence-corrected chi connectivity index (χ1v) is 7.36. The Morgan fingerprint density at radius 2 is 2.05 bits per heavy atom. The van der Waals surface area contributed by atoms with Crippen LogP contribution in [0, 0.1) is 0 Å². The second-order valence-electron chi connectivity index (χ2n) is 4.81. The van der Waals surface area contributed by atoms with E-state index in [0.717, 1.165) is 16.3 Å². The van der Waals surface area contributed by atoms with Crippen LogP contribution in [0.4, 0.5) is 5.69 Å². The summed E-state index contributed by atoms with van der Waals surface area (Å²) in [7, 11) is 1.62. The van der Waals surface area contributed by atoms with Gasteiger partial charge in [-0.15, -0.1) is 35.3 Å². The Balaban J connectivity index is 0.00000242. The summed E-state index contributed by atoms with van der Waals surface area (Å²) in [4.78, 5) is 5.06. The SMILES string of the molecule is COc1ccc(NC(N)=NCC(C)(O)c2cccs2)cc1.I. The number of halogens is 1. The van der Waals surface area contributed by atoms with E-state index in [0.29, 0.717) is 0 Å². The smallest absolute Gasteiger partial charge is 0.193 e. The van der Waals surface area contributed by atoms with E-state index in [4.69, 9.17) is 10.5 Å². The molecule has 2 rings (SSSR count). The Labute approximate surface area is 151 Å². The summed E-state index contributed by atoms with van der Waals surface area (Å²) in [5, 5.41) is 15.3. The number of aliphatic hydroxyl groups is 1. The molecule has 0 fully saturated rings. The summed E-state index contributed by atoms with van der Waals surface area (Å²) < 4.78 is 5.09. The molecule has 4 N–H and O–H groups in total. The molecular weight excluding hydrogens is 413 g/mol. The van der Waals surface area contributed by atoms with E-state index < -0.39 is 5.60 Å². The van der Waals surface area contributed by atoms with Gasteiger partial charge in [0.1, 0.15) is 11.4 Å². The maximum atomic E-state index is 10.4. The molecule has 0 saturated heterocycles. The highest BCUT2D eigenvalue weighted by molar-refractivity contribution is 14.0. The number of ether oxygens (including phenoxy) is 1. The van der Waals surface area contributed by atoms with E-state index in [1.165, 1.54) is 11.3 Å². The van der Waals surface area contributed by atoms with Crippen LogP contribution in [0.15, 0.2) is 46.8 Å². The largest absolute Gasteiger partial charge is 0.497 e. The fourth-order valence-electron chi connectivity index (χ4n) is 1.76. The van der Waals surface area contributed by atoms with Gasteiger partial charge in [0, 0.05) is 10.6 Å². The number of nitrogens with two attached hydrogens (primary N) is 1. The minimum absolute atomic E-state index is 0. The van der Waals surface area contributed by atoms with Gasteiger partial charge in [-0.1, -0.05) is 6.07 Å². The molecule has 1 aromatic carbocycles. The monoisotopic (exact) mass is 433 g/mol. The van der Waals surface area contributed by atoms with Gasteiger partial charge < -0.3 is 20.9 Å². The molecule has 0 amide bonds. The summed E-state index contributed by atoms with van der Waals surface area (Å²) in [6.07, 6.45) is 0. The normalized spacial score (nSPS) is 13.9. The first kappa shape index (κ1) is 18.7. The van der Waals surface area contributed by atoms with Gasteiger partial charge in [-0.2, -0.15) is 0 Å². The minimum Gasteiger partial charge on any atom is -0.497 e. The molecule has 0 radical (unpaired) electrons. The Kier molecular flexibility index (Phi) is 7.11. The van der Waals surface area contributed by atoms with Gasteiger partial charge in [-0.3, -0.25) is 0 Å².